The number of fused-ring (bicyclic) bond motifs is 1. The minimum atomic E-state index is -0.509. The summed E-state index contributed by atoms with van der Waals surface area (Å²) in [5.74, 6) is -0.201. The van der Waals surface area contributed by atoms with Gasteiger partial charge in [-0.3, -0.25) is 4.79 Å². The van der Waals surface area contributed by atoms with Gasteiger partial charge in [0.1, 0.15) is 11.4 Å². The Hall–Kier alpha value is -2.89. The van der Waals surface area contributed by atoms with Crippen molar-refractivity contribution in [1.82, 2.24) is 5.32 Å². The molecule has 3 rings (SSSR count). The monoisotopic (exact) mass is 353 g/mol. The third kappa shape index (κ3) is 4.02. The molecule has 0 saturated heterocycles. The number of carbonyl (C=O) groups excluding carboxylic acids is 2. The Kier molecular flexibility index (Phi) is 5.51. The summed E-state index contributed by atoms with van der Waals surface area (Å²) >= 11 is 0. The highest BCUT2D eigenvalue weighted by Crippen LogP contribution is 2.30. The van der Waals surface area contributed by atoms with Crippen LogP contribution in [0, 0.1) is 5.92 Å². The molecular weight excluding hydrogens is 330 g/mol. The molecule has 1 aromatic carbocycles. The molecule has 2 aliphatic rings. The number of para-hydroxylation sites is 2. The maximum absolute atomic E-state index is 12.5. The van der Waals surface area contributed by atoms with E-state index in [4.69, 9.17) is 4.74 Å². The Balaban J connectivity index is 1.91. The van der Waals surface area contributed by atoms with Crippen LogP contribution in [0.2, 0.25) is 0 Å². The summed E-state index contributed by atoms with van der Waals surface area (Å²) in [6.45, 7) is 3.76. The summed E-state index contributed by atoms with van der Waals surface area (Å²) in [6.07, 6.45) is 6.51. The number of hydrogen-bond acceptors (Lipinski definition) is 5. The first kappa shape index (κ1) is 17.9. The standard InChI is InChI=1S/C20H23N3O3/c1-3-26-20(25)18-13(2)21-15-10-6-7-11-16(15)22-19(18)23-17(24)12-14-8-4-5-9-14/h4,6-8,10-11,14,21H,3,5,9,12H2,1-2H3,(H,22,23,24). The zero-order chi connectivity index (χ0) is 18.5. The molecule has 0 aromatic heterocycles. The molecule has 1 aromatic rings. The Labute approximate surface area is 153 Å². The number of rotatable bonds is 4. The molecule has 0 saturated carbocycles. The number of amidine groups is 1. The molecular formula is C20H23N3O3. The molecule has 1 heterocycles. The van der Waals surface area contributed by atoms with E-state index in [1.807, 2.05) is 24.3 Å². The fraction of sp³-hybridized carbons (Fsp3) is 0.350. The van der Waals surface area contributed by atoms with Gasteiger partial charge in [-0.15, -0.1) is 0 Å². The minimum Gasteiger partial charge on any atom is -0.462 e. The lowest BCUT2D eigenvalue weighted by atomic mass is 10.0. The summed E-state index contributed by atoms with van der Waals surface area (Å²) in [7, 11) is 0. The first-order chi connectivity index (χ1) is 12.6. The number of hydrogen-bond donors (Lipinski definition) is 2. The van der Waals surface area contributed by atoms with E-state index in [-0.39, 0.29) is 29.8 Å². The molecule has 1 aliphatic carbocycles. The molecule has 0 radical (unpaired) electrons. The minimum absolute atomic E-state index is 0.158. The summed E-state index contributed by atoms with van der Waals surface area (Å²) in [4.78, 5) is 29.5. The Morgan fingerprint density at radius 1 is 1.35 bits per heavy atom. The van der Waals surface area contributed by atoms with Crippen molar-refractivity contribution in [2.45, 2.75) is 33.1 Å². The molecule has 0 spiro atoms. The van der Waals surface area contributed by atoms with Gasteiger partial charge in [0.05, 0.1) is 18.0 Å². The Morgan fingerprint density at radius 2 is 2.15 bits per heavy atom. The van der Waals surface area contributed by atoms with E-state index in [2.05, 4.69) is 27.8 Å². The molecule has 1 atom stereocenters. The number of carbonyl (C=O) groups is 2. The highest BCUT2D eigenvalue weighted by Gasteiger charge is 2.26. The van der Waals surface area contributed by atoms with Gasteiger partial charge < -0.3 is 15.4 Å². The maximum atomic E-state index is 12.5. The average molecular weight is 353 g/mol. The van der Waals surface area contributed by atoms with Gasteiger partial charge in [-0.05, 0) is 44.7 Å². The quantitative estimate of drug-likeness (QED) is 0.642. The first-order valence-corrected chi connectivity index (χ1v) is 8.88. The van der Waals surface area contributed by atoms with Crippen LogP contribution in [-0.2, 0) is 14.3 Å². The van der Waals surface area contributed by atoms with Crippen LogP contribution in [0.4, 0.5) is 11.4 Å². The van der Waals surface area contributed by atoms with E-state index in [9.17, 15) is 9.59 Å². The van der Waals surface area contributed by atoms with E-state index in [0.717, 1.165) is 18.5 Å². The van der Waals surface area contributed by atoms with Gasteiger partial charge in [-0.1, -0.05) is 24.3 Å². The molecule has 26 heavy (non-hydrogen) atoms. The van der Waals surface area contributed by atoms with Gasteiger partial charge in [-0.25, -0.2) is 9.79 Å². The van der Waals surface area contributed by atoms with Gasteiger partial charge in [0, 0.05) is 12.1 Å². The lowest BCUT2D eigenvalue weighted by Gasteiger charge is -2.14. The van der Waals surface area contributed by atoms with Gasteiger partial charge in [0.2, 0.25) is 5.91 Å². The summed E-state index contributed by atoms with van der Waals surface area (Å²) in [5.41, 5.74) is 2.27. The molecule has 1 aliphatic heterocycles. The normalized spacial score (nSPS) is 18.5. The molecule has 6 heteroatoms. The number of anilines is 1. The molecule has 6 nitrogen and oxygen atoms in total. The number of amides is 1. The number of nitrogens with one attached hydrogen (secondary N) is 2. The van der Waals surface area contributed by atoms with Crippen LogP contribution in [0.25, 0.3) is 0 Å². The van der Waals surface area contributed by atoms with Crippen molar-refractivity contribution < 1.29 is 14.3 Å². The smallest absolute Gasteiger partial charge is 0.343 e. The van der Waals surface area contributed by atoms with Crippen molar-refractivity contribution in [2.75, 3.05) is 11.9 Å². The summed E-state index contributed by atoms with van der Waals surface area (Å²) in [6, 6.07) is 7.45. The molecule has 136 valence electrons. The summed E-state index contributed by atoms with van der Waals surface area (Å²) < 4.78 is 5.17. The zero-order valence-corrected chi connectivity index (χ0v) is 15.0. The zero-order valence-electron chi connectivity index (χ0n) is 15.0. The second-order valence-corrected chi connectivity index (χ2v) is 6.34. The number of aliphatic imine (C=N–C) groups is 1. The second-order valence-electron chi connectivity index (χ2n) is 6.34. The van der Waals surface area contributed by atoms with E-state index in [0.29, 0.717) is 17.8 Å². The van der Waals surface area contributed by atoms with Crippen LogP contribution >= 0.6 is 0 Å². The Morgan fingerprint density at radius 3 is 2.88 bits per heavy atom. The molecule has 1 amide bonds. The predicted molar refractivity (Wildman–Crippen MR) is 101 cm³/mol. The lowest BCUT2D eigenvalue weighted by Crippen LogP contribution is -2.36. The number of nitrogens with zero attached hydrogens (tertiary/aromatic N) is 1. The van der Waals surface area contributed by atoms with Crippen molar-refractivity contribution in [3.63, 3.8) is 0 Å². The number of esters is 1. The van der Waals surface area contributed by atoms with E-state index < -0.39 is 5.97 Å². The van der Waals surface area contributed by atoms with Crippen LogP contribution in [0.5, 0.6) is 0 Å². The van der Waals surface area contributed by atoms with Crippen molar-refractivity contribution in [1.29, 1.82) is 0 Å². The van der Waals surface area contributed by atoms with Gasteiger partial charge in [-0.2, -0.15) is 0 Å². The average Bonchev–Trinajstić information content (AvgIpc) is 3.04. The number of benzene rings is 1. The van der Waals surface area contributed by atoms with Crippen LogP contribution in [0.1, 0.15) is 33.1 Å². The highest BCUT2D eigenvalue weighted by atomic mass is 16.5. The van der Waals surface area contributed by atoms with Crippen molar-refractivity contribution in [2.24, 2.45) is 10.9 Å². The van der Waals surface area contributed by atoms with Gasteiger partial charge >= 0.3 is 5.97 Å². The van der Waals surface area contributed by atoms with Crippen LogP contribution in [0.15, 0.2) is 52.7 Å². The van der Waals surface area contributed by atoms with E-state index >= 15 is 0 Å². The van der Waals surface area contributed by atoms with E-state index in [1.54, 1.807) is 13.8 Å². The van der Waals surface area contributed by atoms with Crippen molar-refractivity contribution in [3.05, 3.63) is 47.7 Å². The second kappa shape index (κ2) is 7.99. The van der Waals surface area contributed by atoms with Crippen molar-refractivity contribution >= 4 is 29.1 Å². The summed E-state index contributed by atoms with van der Waals surface area (Å²) in [5, 5.41) is 6.01. The topological polar surface area (TPSA) is 79.8 Å². The molecule has 0 bridgehead atoms. The third-order valence-electron chi connectivity index (χ3n) is 4.37. The van der Waals surface area contributed by atoms with Gasteiger partial charge in [0.25, 0.3) is 0 Å². The number of ether oxygens (including phenoxy) is 1. The molecule has 2 N–H and O–H groups in total. The van der Waals surface area contributed by atoms with Gasteiger partial charge in [0.15, 0.2) is 0 Å². The maximum Gasteiger partial charge on any atom is 0.343 e. The van der Waals surface area contributed by atoms with Crippen LogP contribution in [0.3, 0.4) is 0 Å². The fourth-order valence-electron chi connectivity index (χ4n) is 3.13. The number of allylic oxidation sites excluding steroid dienone is 3. The largest absolute Gasteiger partial charge is 0.462 e. The predicted octanol–water partition coefficient (Wildman–Crippen LogP) is 3.45. The fourth-order valence-corrected chi connectivity index (χ4v) is 3.13. The molecule has 0 fully saturated rings. The molecule has 1 unspecified atom stereocenters. The van der Waals surface area contributed by atoms with Crippen molar-refractivity contribution in [3.8, 4) is 0 Å². The highest BCUT2D eigenvalue weighted by molar-refractivity contribution is 6.24. The third-order valence-corrected chi connectivity index (χ3v) is 4.37. The SMILES string of the molecule is CCOC(=O)C1=C(C)Nc2ccccc2N=C1NC(=O)CC1C=CCC1. The Bertz CT molecular complexity index is 808. The van der Waals surface area contributed by atoms with Crippen LogP contribution < -0.4 is 10.6 Å². The lowest BCUT2D eigenvalue weighted by molar-refractivity contribution is -0.137. The first-order valence-electron chi connectivity index (χ1n) is 8.88. The van der Waals surface area contributed by atoms with E-state index in [1.165, 1.54) is 0 Å². The van der Waals surface area contributed by atoms with Crippen LogP contribution in [-0.4, -0.2) is 24.3 Å².